The average molecular weight is 400 g/mol. The molecule has 1 fully saturated rings. The zero-order valence-corrected chi connectivity index (χ0v) is 16.9. The number of carbonyl (C=O) groups excluding carboxylic acids is 2. The highest BCUT2D eigenvalue weighted by atomic mass is 32.2. The van der Waals surface area contributed by atoms with Crippen LogP contribution in [0, 0.1) is 0 Å². The molecular weight excluding hydrogens is 374 g/mol. The Kier molecular flexibility index (Phi) is 5.62. The van der Waals surface area contributed by atoms with Crippen LogP contribution in [-0.4, -0.2) is 66.1 Å². The van der Waals surface area contributed by atoms with Gasteiger partial charge in [0.1, 0.15) is 0 Å². The molecule has 0 spiro atoms. The maximum Gasteiger partial charge on any atom is 0.289 e. The Balaban J connectivity index is 1.36. The van der Waals surface area contributed by atoms with E-state index in [1.807, 2.05) is 22.7 Å². The van der Waals surface area contributed by atoms with Crippen LogP contribution in [-0.2, 0) is 4.79 Å². The predicted molar refractivity (Wildman–Crippen MR) is 110 cm³/mol. The van der Waals surface area contributed by atoms with Crippen molar-refractivity contribution >= 4 is 29.3 Å². The average Bonchev–Trinajstić information content (AvgIpc) is 3.28. The van der Waals surface area contributed by atoms with Crippen molar-refractivity contribution < 1.29 is 14.0 Å². The molecule has 0 radical (unpaired) electrons. The fourth-order valence-corrected chi connectivity index (χ4v) is 4.97. The first-order valence-corrected chi connectivity index (χ1v) is 10.6. The molecule has 2 aliphatic rings. The van der Waals surface area contributed by atoms with E-state index in [4.69, 9.17) is 4.42 Å². The van der Waals surface area contributed by atoms with Crippen LogP contribution >= 0.6 is 11.8 Å². The molecule has 2 amide bonds. The van der Waals surface area contributed by atoms with E-state index in [9.17, 15) is 9.59 Å². The molecule has 1 aromatic heterocycles. The van der Waals surface area contributed by atoms with E-state index in [0.29, 0.717) is 43.7 Å². The van der Waals surface area contributed by atoms with Crippen molar-refractivity contribution in [3.63, 3.8) is 0 Å². The standard InChI is InChI=1S/C21H25N3O3S/c1-2-16-14-24(17-6-3-4-8-19(17)28-16)15-20(25)22-9-11-23(12-10-22)21(26)18-7-5-13-27-18/h3-8,13,16H,2,9-12,14-15H2,1H3. The molecule has 2 aromatic rings. The number of benzene rings is 1. The van der Waals surface area contributed by atoms with E-state index in [1.165, 1.54) is 11.2 Å². The van der Waals surface area contributed by atoms with E-state index in [1.54, 1.807) is 17.0 Å². The number of para-hydroxylation sites is 1. The molecule has 0 bridgehead atoms. The van der Waals surface area contributed by atoms with Crippen LogP contribution in [0.1, 0.15) is 23.9 Å². The predicted octanol–water partition coefficient (Wildman–Crippen LogP) is 2.95. The van der Waals surface area contributed by atoms with Crippen molar-refractivity contribution in [3.05, 3.63) is 48.4 Å². The number of anilines is 1. The molecule has 6 nitrogen and oxygen atoms in total. The molecular formula is C21H25N3O3S. The lowest BCUT2D eigenvalue weighted by Gasteiger charge is -2.38. The molecule has 3 heterocycles. The molecule has 1 aromatic carbocycles. The third kappa shape index (κ3) is 3.90. The number of thioether (sulfide) groups is 1. The molecule has 4 rings (SSSR count). The fourth-order valence-electron chi connectivity index (χ4n) is 3.72. The molecule has 0 N–H and O–H groups in total. The Morgan fingerprint density at radius 3 is 2.54 bits per heavy atom. The smallest absolute Gasteiger partial charge is 0.289 e. The summed E-state index contributed by atoms with van der Waals surface area (Å²) in [5, 5.41) is 0.505. The van der Waals surface area contributed by atoms with Gasteiger partial charge in [-0.1, -0.05) is 19.1 Å². The first-order valence-electron chi connectivity index (χ1n) is 9.77. The van der Waals surface area contributed by atoms with E-state index in [0.717, 1.165) is 18.7 Å². The van der Waals surface area contributed by atoms with E-state index in [-0.39, 0.29) is 11.8 Å². The van der Waals surface area contributed by atoms with Gasteiger partial charge in [-0.25, -0.2) is 0 Å². The molecule has 7 heteroatoms. The SMILES string of the molecule is CCC1CN(CC(=O)N2CCN(C(=O)c3ccco3)CC2)c2ccccc2S1. The Bertz CT molecular complexity index is 831. The minimum absolute atomic E-state index is 0.107. The molecule has 1 unspecified atom stereocenters. The summed E-state index contributed by atoms with van der Waals surface area (Å²) < 4.78 is 5.20. The fraction of sp³-hybridized carbons (Fsp3) is 0.429. The van der Waals surface area contributed by atoms with Crippen LogP contribution in [0.4, 0.5) is 5.69 Å². The zero-order valence-electron chi connectivity index (χ0n) is 16.0. The Morgan fingerprint density at radius 1 is 1.07 bits per heavy atom. The van der Waals surface area contributed by atoms with Crippen molar-refractivity contribution in [3.8, 4) is 0 Å². The number of rotatable bonds is 4. The van der Waals surface area contributed by atoms with Gasteiger partial charge in [0.2, 0.25) is 5.91 Å². The zero-order chi connectivity index (χ0) is 19.5. The van der Waals surface area contributed by atoms with Gasteiger partial charge < -0.3 is 19.1 Å². The molecule has 1 saturated heterocycles. The van der Waals surface area contributed by atoms with Crippen LogP contribution in [0.25, 0.3) is 0 Å². The number of hydrogen-bond acceptors (Lipinski definition) is 5. The Hall–Kier alpha value is -2.41. The summed E-state index contributed by atoms with van der Waals surface area (Å²) in [6.07, 6.45) is 2.59. The highest BCUT2D eigenvalue weighted by Crippen LogP contribution is 2.39. The number of hydrogen-bond donors (Lipinski definition) is 0. The third-order valence-corrected chi connectivity index (χ3v) is 6.77. The number of fused-ring (bicyclic) bond motifs is 1. The summed E-state index contributed by atoms with van der Waals surface area (Å²) in [4.78, 5) is 32.4. The Morgan fingerprint density at radius 2 is 1.82 bits per heavy atom. The van der Waals surface area contributed by atoms with Gasteiger partial charge in [-0.05, 0) is 30.7 Å². The molecule has 1 atom stereocenters. The van der Waals surface area contributed by atoms with E-state index >= 15 is 0 Å². The summed E-state index contributed by atoms with van der Waals surface area (Å²) >= 11 is 1.91. The molecule has 28 heavy (non-hydrogen) atoms. The van der Waals surface area contributed by atoms with Gasteiger partial charge in [-0.2, -0.15) is 0 Å². The lowest BCUT2D eigenvalue weighted by atomic mass is 10.2. The van der Waals surface area contributed by atoms with Gasteiger partial charge >= 0.3 is 0 Å². The maximum absolute atomic E-state index is 12.9. The van der Waals surface area contributed by atoms with Crippen LogP contribution in [0.3, 0.4) is 0 Å². The lowest BCUT2D eigenvalue weighted by Crippen LogP contribution is -2.53. The monoisotopic (exact) mass is 399 g/mol. The second-order valence-corrected chi connectivity index (χ2v) is 8.49. The van der Waals surface area contributed by atoms with Crippen molar-refractivity contribution in [1.29, 1.82) is 0 Å². The van der Waals surface area contributed by atoms with Crippen LogP contribution in [0.5, 0.6) is 0 Å². The Labute approximate surface area is 169 Å². The number of nitrogens with zero attached hydrogens (tertiary/aromatic N) is 3. The summed E-state index contributed by atoms with van der Waals surface area (Å²) in [6, 6.07) is 11.7. The number of furan rings is 1. The highest BCUT2D eigenvalue weighted by molar-refractivity contribution is 8.00. The molecule has 2 aliphatic heterocycles. The summed E-state index contributed by atoms with van der Waals surface area (Å²) in [6.45, 7) is 5.67. The lowest BCUT2D eigenvalue weighted by molar-refractivity contribution is -0.131. The van der Waals surface area contributed by atoms with Crippen molar-refractivity contribution in [2.45, 2.75) is 23.5 Å². The van der Waals surface area contributed by atoms with Crippen LogP contribution in [0.2, 0.25) is 0 Å². The minimum atomic E-state index is -0.107. The van der Waals surface area contributed by atoms with Gasteiger partial charge in [0, 0.05) is 42.9 Å². The largest absolute Gasteiger partial charge is 0.459 e. The second kappa shape index (κ2) is 8.31. The quantitative estimate of drug-likeness (QED) is 0.791. The normalized spacial score (nSPS) is 19.5. The molecule has 0 saturated carbocycles. The van der Waals surface area contributed by atoms with Crippen LogP contribution < -0.4 is 4.90 Å². The number of piperazine rings is 1. The maximum atomic E-state index is 12.9. The van der Waals surface area contributed by atoms with Crippen molar-refractivity contribution in [2.75, 3.05) is 44.2 Å². The first-order chi connectivity index (χ1) is 13.7. The summed E-state index contributed by atoms with van der Waals surface area (Å²) in [7, 11) is 0. The topological polar surface area (TPSA) is 57.0 Å². The van der Waals surface area contributed by atoms with Crippen molar-refractivity contribution in [2.24, 2.45) is 0 Å². The van der Waals surface area contributed by atoms with Gasteiger partial charge in [0.15, 0.2) is 5.76 Å². The van der Waals surface area contributed by atoms with Gasteiger partial charge in [0.25, 0.3) is 5.91 Å². The number of amides is 2. The molecule has 0 aliphatic carbocycles. The molecule has 148 valence electrons. The van der Waals surface area contributed by atoms with E-state index in [2.05, 4.69) is 30.0 Å². The van der Waals surface area contributed by atoms with Gasteiger partial charge in [-0.3, -0.25) is 9.59 Å². The van der Waals surface area contributed by atoms with Gasteiger partial charge in [0.05, 0.1) is 18.5 Å². The second-order valence-electron chi connectivity index (χ2n) is 7.15. The first kappa shape index (κ1) is 18.9. The van der Waals surface area contributed by atoms with E-state index < -0.39 is 0 Å². The van der Waals surface area contributed by atoms with Crippen molar-refractivity contribution in [1.82, 2.24) is 9.80 Å². The summed E-state index contributed by atoms with van der Waals surface area (Å²) in [5.41, 5.74) is 1.15. The highest BCUT2D eigenvalue weighted by Gasteiger charge is 2.29. The summed E-state index contributed by atoms with van der Waals surface area (Å²) in [5.74, 6) is 0.374. The van der Waals surface area contributed by atoms with Crippen LogP contribution in [0.15, 0.2) is 52.0 Å². The minimum Gasteiger partial charge on any atom is -0.459 e. The third-order valence-electron chi connectivity index (χ3n) is 5.36. The van der Waals surface area contributed by atoms with Gasteiger partial charge in [-0.15, -0.1) is 11.8 Å². The number of carbonyl (C=O) groups is 2.